The number of carbonyl (C=O) groups is 2. The van der Waals surface area contributed by atoms with Crippen molar-refractivity contribution in [1.82, 2.24) is 4.90 Å². The summed E-state index contributed by atoms with van der Waals surface area (Å²) in [7, 11) is 1.67. The van der Waals surface area contributed by atoms with Gasteiger partial charge in [0.15, 0.2) is 0 Å². The Balaban J connectivity index is 2.55. The first-order chi connectivity index (χ1) is 8.00. The normalized spacial score (nSPS) is 11.9. The molecule has 1 atom stereocenters. The number of ketones is 1. The summed E-state index contributed by atoms with van der Waals surface area (Å²) in [5.74, 6) is -0.0708. The number of rotatable bonds is 5. The van der Waals surface area contributed by atoms with E-state index >= 15 is 0 Å². The first-order valence-corrected chi connectivity index (χ1v) is 5.79. The molecule has 1 rings (SSSR count). The maximum Gasteiger partial charge on any atom is 0.225 e. The summed E-state index contributed by atoms with van der Waals surface area (Å²) < 4.78 is 0. The van der Waals surface area contributed by atoms with Crippen molar-refractivity contribution in [2.24, 2.45) is 5.92 Å². The maximum absolute atomic E-state index is 12.0. The molecule has 0 saturated carbocycles. The first-order valence-electron chi connectivity index (χ1n) is 5.79. The van der Waals surface area contributed by atoms with Crippen molar-refractivity contribution in [2.75, 3.05) is 13.6 Å². The van der Waals surface area contributed by atoms with Crippen LogP contribution in [0.4, 0.5) is 0 Å². The van der Waals surface area contributed by atoms with Crippen LogP contribution < -0.4 is 0 Å². The zero-order chi connectivity index (χ0) is 12.8. The number of amides is 1. The third kappa shape index (κ3) is 4.39. The van der Waals surface area contributed by atoms with Crippen LogP contribution in [0.2, 0.25) is 0 Å². The lowest BCUT2D eigenvalue weighted by Crippen LogP contribution is -2.35. The van der Waals surface area contributed by atoms with Gasteiger partial charge in [-0.25, -0.2) is 0 Å². The number of hydrogen-bond acceptors (Lipinski definition) is 2. The molecule has 0 aromatic heterocycles. The molecule has 0 bridgehead atoms. The Kier molecular flexibility index (Phi) is 4.88. The van der Waals surface area contributed by atoms with Crippen LogP contribution in [0.15, 0.2) is 30.3 Å². The maximum atomic E-state index is 12.0. The topological polar surface area (TPSA) is 37.4 Å². The second kappa shape index (κ2) is 6.18. The largest absolute Gasteiger partial charge is 0.338 e. The summed E-state index contributed by atoms with van der Waals surface area (Å²) in [4.78, 5) is 24.4. The van der Waals surface area contributed by atoms with Gasteiger partial charge in [0.25, 0.3) is 0 Å². The predicted octanol–water partition coefficient (Wildman–Crippen LogP) is 1.91. The van der Waals surface area contributed by atoms with E-state index in [1.54, 1.807) is 7.05 Å². The summed E-state index contributed by atoms with van der Waals surface area (Å²) in [6, 6.07) is 9.90. The molecule has 0 heterocycles. The highest BCUT2D eigenvalue weighted by atomic mass is 16.2. The highest BCUT2D eigenvalue weighted by molar-refractivity contribution is 5.85. The van der Waals surface area contributed by atoms with Crippen molar-refractivity contribution in [3.63, 3.8) is 0 Å². The van der Waals surface area contributed by atoms with Gasteiger partial charge in [0.1, 0.15) is 5.78 Å². The lowest BCUT2D eigenvalue weighted by atomic mass is 10.00. The van der Waals surface area contributed by atoms with Crippen molar-refractivity contribution in [2.45, 2.75) is 20.3 Å². The van der Waals surface area contributed by atoms with Crippen LogP contribution in [-0.2, 0) is 16.0 Å². The minimum Gasteiger partial charge on any atom is -0.338 e. The minimum absolute atomic E-state index is 0.00719. The van der Waals surface area contributed by atoms with Gasteiger partial charge in [-0.2, -0.15) is 0 Å². The van der Waals surface area contributed by atoms with Crippen LogP contribution in [-0.4, -0.2) is 30.2 Å². The van der Waals surface area contributed by atoms with E-state index in [-0.39, 0.29) is 24.2 Å². The number of likely N-dealkylation sites (N-methyl/N-ethyl adjacent to an activating group) is 1. The van der Waals surface area contributed by atoms with Crippen molar-refractivity contribution in [1.29, 1.82) is 0 Å². The number of hydrogen-bond donors (Lipinski definition) is 0. The average molecular weight is 233 g/mol. The second-order valence-corrected chi connectivity index (χ2v) is 4.49. The van der Waals surface area contributed by atoms with E-state index in [2.05, 4.69) is 0 Å². The van der Waals surface area contributed by atoms with Crippen molar-refractivity contribution < 1.29 is 9.59 Å². The van der Waals surface area contributed by atoms with E-state index in [9.17, 15) is 9.59 Å². The van der Waals surface area contributed by atoms with Crippen molar-refractivity contribution >= 4 is 11.7 Å². The smallest absolute Gasteiger partial charge is 0.225 e. The van der Waals surface area contributed by atoms with E-state index in [1.807, 2.05) is 37.3 Å². The van der Waals surface area contributed by atoms with Gasteiger partial charge in [-0.3, -0.25) is 9.59 Å². The number of carbonyl (C=O) groups excluding carboxylic acids is 2. The molecule has 0 radical (unpaired) electrons. The molecule has 17 heavy (non-hydrogen) atoms. The van der Waals surface area contributed by atoms with Crippen LogP contribution >= 0.6 is 0 Å². The molecule has 1 aromatic carbocycles. The Hall–Kier alpha value is -1.64. The van der Waals surface area contributed by atoms with Crippen LogP contribution in [0.25, 0.3) is 0 Å². The highest BCUT2D eigenvalue weighted by Gasteiger charge is 2.18. The van der Waals surface area contributed by atoms with E-state index in [1.165, 1.54) is 11.8 Å². The SMILES string of the molecule is CC(=O)CN(C)C(=O)C(C)Cc1ccccc1. The van der Waals surface area contributed by atoms with Crippen LogP contribution in [0, 0.1) is 5.92 Å². The fourth-order valence-electron chi connectivity index (χ4n) is 1.84. The molecule has 0 aliphatic rings. The molecule has 0 aliphatic heterocycles. The molecule has 1 unspecified atom stereocenters. The van der Waals surface area contributed by atoms with Gasteiger partial charge in [0, 0.05) is 13.0 Å². The van der Waals surface area contributed by atoms with Gasteiger partial charge < -0.3 is 4.90 Å². The van der Waals surface area contributed by atoms with Gasteiger partial charge in [-0.15, -0.1) is 0 Å². The molecule has 3 nitrogen and oxygen atoms in total. The predicted molar refractivity (Wildman–Crippen MR) is 67.6 cm³/mol. The first kappa shape index (κ1) is 13.4. The number of nitrogens with zero attached hydrogens (tertiary/aromatic N) is 1. The fourth-order valence-corrected chi connectivity index (χ4v) is 1.84. The standard InChI is InChI=1S/C14H19NO2/c1-11(9-13-7-5-4-6-8-13)14(17)15(3)10-12(2)16/h4-8,11H,9-10H2,1-3H3. The monoisotopic (exact) mass is 233 g/mol. The fraction of sp³-hybridized carbons (Fsp3) is 0.429. The molecule has 92 valence electrons. The van der Waals surface area contributed by atoms with E-state index in [4.69, 9.17) is 0 Å². The van der Waals surface area contributed by atoms with Crippen LogP contribution in [0.1, 0.15) is 19.4 Å². The Morgan fingerprint density at radius 1 is 1.24 bits per heavy atom. The minimum atomic E-state index is -0.0956. The number of benzene rings is 1. The lowest BCUT2D eigenvalue weighted by molar-refractivity contribution is -0.136. The Bertz CT molecular complexity index is 386. The quantitative estimate of drug-likeness (QED) is 0.779. The Labute approximate surface area is 102 Å². The van der Waals surface area contributed by atoms with Gasteiger partial charge in [-0.1, -0.05) is 37.3 Å². The van der Waals surface area contributed by atoms with Crippen LogP contribution in [0.3, 0.4) is 0 Å². The molecule has 0 fully saturated rings. The molecule has 0 N–H and O–H groups in total. The van der Waals surface area contributed by atoms with E-state index in [0.717, 1.165) is 5.56 Å². The van der Waals surface area contributed by atoms with E-state index < -0.39 is 0 Å². The molecule has 3 heteroatoms. The summed E-state index contributed by atoms with van der Waals surface area (Å²) in [6.07, 6.45) is 0.710. The van der Waals surface area contributed by atoms with Gasteiger partial charge >= 0.3 is 0 Å². The third-order valence-corrected chi connectivity index (χ3v) is 2.64. The summed E-state index contributed by atoms with van der Waals surface area (Å²) in [6.45, 7) is 3.58. The van der Waals surface area contributed by atoms with E-state index in [0.29, 0.717) is 6.42 Å². The molecule has 0 saturated heterocycles. The van der Waals surface area contributed by atoms with Gasteiger partial charge in [0.2, 0.25) is 5.91 Å². The Morgan fingerprint density at radius 3 is 2.35 bits per heavy atom. The number of Topliss-reactive ketones (excluding diaryl/α,β-unsaturated/α-hetero) is 1. The van der Waals surface area contributed by atoms with Crippen molar-refractivity contribution in [3.8, 4) is 0 Å². The summed E-state index contributed by atoms with van der Waals surface area (Å²) >= 11 is 0. The zero-order valence-electron chi connectivity index (χ0n) is 10.6. The second-order valence-electron chi connectivity index (χ2n) is 4.49. The molecule has 0 aliphatic carbocycles. The molecule has 0 spiro atoms. The van der Waals surface area contributed by atoms with Gasteiger partial charge in [-0.05, 0) is 18.9 Å². The molecule has 1 aromatic rings. The lowest BCUT2D eigenvalue weighted by Gasteiger charge is -2.20. The molecular weight excluding hydrogens is 214 g/mol. The molecule has 1 amide bonds. The highest BCUT2D eigenvalue weighted by Crippen LogP contribution is 2.10. The van der Waals surface area contributed by atoms with Crippen molar-refractivity contribution in [3.05, 3.63) is 35.9 Å². The third-order valence-electron chi connectivity index (χ3n) is 2.64. The molecular formula is C14H19NO2. The summed E-state index contributed by atoms with van der Waals surface area (Å²) in [5, 5.41) is 0. The average Bonchev–Trinajstić information content (AvgIpc) is 2.28. The van der Waals surface area contributed by atoms with Gasteiger partial charge in [0.05, 0.1) is 6.54 Å². The Morgan fingerprint density at radius 2 is 1.82 bits per heavy atom. The zero-order valence-corrected chi connectivity index (χ0v) is 10.6. The van der Waals surface area contributed by atoms with Crippen LogP contribution in [0.5, 0.6) is 0 Å². The summed E-state index contributed by atoms with van der Waals surface area (Å²) in [5.41, 5.74) is 1.14.